The van der Waals surface area contributed by atoms with E-state index in [4.69, 9.17) is 24.3 Å². The van der Waals surface area contributed by atoms with Gasteiger partial charge in [0.05, 0.1) is 26.5 Å². The van der Waals surface area contributed by atoms with Crippen molar-refractivity contribution in [2.75, 3.05) is 32.8 Å². The third-order valence-corrected chi connectivity index (χ3v) is 5.80. The van der Waals surface area contributed by atoms with Crippen LogP contribution in [0.1, 0.15) is 13.8 Å². The van der Waals surface area contributed by atoms with Gasteiger partial charge in [-0.25, -0.2) is 0 Å². The molecule has 0 aromatic heterocycles. The minimum absolute atomic E-state index is 0.0456. The third kappa shape index (κ3) is 4.91. The molecule has 156 valence electrons. The summed E-state index contributed by atoms with van der Waals surface area (Å²) in [7, 11) is -3.42. The Bertz CT molecular complexity index is 607. The van der Waals surface area contributed by atoms with Gasteiger partial charge in [0.2, 0.25) is 5.88 Å². The number of carbonyl (C=O) groups excluding carboxylic acids is 1. The molecule has 0 aromatic carbocycles. The molecule has 13 heteroatoms. The molecule has 0 unspecified atom stereocenters. The minimum atomic E-state index is -3.42. The number of nitrogens with one attached hydrogen (secondary N) is 1. The Morgan fingerprint density at radius 3 is 2.48 bits per heavy atom. The Balaban J connectivity index is 1.95. The van der Waals surface area contributed by atoms with Crippen LogP contribution in [0.4, 0.5) is 0 Å². The van der Waals surface area contributed by atoms with Crippen molar-refractivity contribution in [3.05, 3.63) is 11.6 Å². The Morgan fingerprint density at radius 2 is 1.96 bits per heavy atom. The Labute approximate surface area is 156 Å². The molecular formula is C14H26N3O9P. The van der Waals surface area contributed by atoms with Crippen LogP contribution in [0.3, 0.4) is 0 Å². The van der Waals surface area contributed by atoms with Gasteiger partial charge in [-0.2, -0.15) is 0 Å². The van der Waals surface area contributed by atoms with Gasteiger partial charge in [0.25, 0.3) is 5.91 Å². The lowest BCUT2D eigenvalue weighted by Gasteiger charge is -2.26. The largest absolute Gasteiger partial charge is 0.493 e. The second-order valence-electron chi connectivity index (χ2n) is 5.86. The zero-order valence-electron chi connectivity index (χ0n) is 15.1. The molecule has 0 saturated carbocycles. The standard InChI is InChI=1S/C14H26N3O9P/c1-3-24-27(22,25-4-2)7-23-5-8-10(18)11(19)14(26-8)17-6-16-9(12(15)20)13(17)21/h8,10-11,14,16,18-19,21H,3-7H2,1-2H3,(H2,15,20)/t8-,10-,11-,14-/m1/s1. The Morgan fingerprint density at radius 1 is 1.33 bits per heavy atom. The highest BCUT2D eigenvalue weighted by molar-refractivity contribution is 7.53. The van der Waals surface area contributed by atoms with Gasteiger partial charge in [-0.1, -0.05) is 0 Å². The first-order valence-corrected chi connectivity index (χ1v) is 10.2. The van der Waals surface area contributed by atoms with E-state index in [0.29, 0.717) is 0 Å². The second-order valence-corrected chi connectivity index (χ2v) is 7.86. The van der Waals surface area contributed by atoms with Gasteiger partial charge >= 0.3 is 7.60 Å². The van der Waals surface area contributed by atoms with Crippen LogP contribution in [0, 0.1) is 0 Å². The lowest BCUT2D eigenvalue weighted by molar-refractivity contribution is -0.115. The van der Waals surface area contributed by atoms with Gasteiger partial charge in [0.15, 0.2) is 11.9 Å². The summed E-state index contributed by atoms with van der Waals surface area (Å²) in [4.78, 5) is 12.4. The van der Waals surface area contributed by atoms with Crippen LogP contribution in [0.5, 0.6) is 0 Å². The van der Waals surface area contributed by atoms with Crippen molar-refractivity contribution in [1.82, 2.24) is 10.2 Å². The summed E-state index contributed by atoms with van der Waals surface area (Å²) in [5.41, 5.74) is 4.91. The van der Waals surface area contributed by atoms with Crippen LogP contribution in [0.2, 0.25) is 0 Å². The van der Waals surface area contributed by atoms with Gasteiger partial charge in [-0.3, -0.25) is 14.3 Å². The lowest BCUT2D eigenvalue weighted by atomic mass is 10.1. The van der Waals surface area contributed by atoms with E-state index in [2.05, 4.69) is 5.32 Å². The molecule has 4 atom stereocenters. The number of amides is 1. The van der Waals surface area contributed by atoms with Crippen LogP contribution in [-0.4, -0.2) is 83.5 Å². The van der Waals surface area contributed by atoms with E-state index in [-0.39, 0.29) is 38.5 Å². The summed E-state index contributed by atoms with van der Waals surface area (Å²) in [5.74, 6) is -1.36. The van der Waals surface area contributed by atoms with Crippen molar-refractivity contribution in [1.29, 1.82) is 0 Å². The Hall–Kier alpha value is -1.40. The van der Waals surface area contributed by atoms with Gasteiger partial charge < -0.3 is 44.9 Å². The molecule has 1 saturated heterocycles. The van der Waals surface area contributed by atoms with Crippen molar-refractivity contribution in [3.63, 3.8) is 0 Å². The van der Waals surface area contributed by atoms with Crippen LogP contribution in [0.25, 0.3) is 0 Å². The van der Waals surface area contributed by atoms with Crippen molar-refractivity contribution >= 4 is 13.5 Å². The Kier molecular flexibility index (Phi) is 7.46. The minimum Gasteiger partial charge on any atom is -0.493 e. The van der Waals surface area contributed by atoms with E-state index in [1.165, 1.54) is 0 Å². The van der Waals surface area contributed by atoms with Gasteiger partial charge in [0, 0.05) is 0 Å². The first kappa shape index (κ1) is 21.9. The van der Waals surface area contributed by atoms with Crippen molar-refractivity contribution in [2.45, 2.75) is 38.4 Å². The zero-order valence-corrected chi connectivity index (χ0v) is 16.0. The average molecular weight is 411 g/mol. The molecule has 2 aliphatic heterocycles. The van der Waals surface area contributed by atoms with Crippen LogP contribution in [-0.2, 0) is 27.9 Å². The van der Waals surface area contributed by atoms with E-state index in [0.717, 1.165) is 4.90 Å². The lowest BCUT2D eigenvalue weighted by Crippen LogP contribution is -2.43. The smallest absolute Gasteiger partial charge is 0.356 e. The maximum atomic E-state index is 12.3. The summed E-state index contributed by atoms with van der Waals surface area (Å²) in [6.07, 6.45) is -5.17. The van der Waals surface area contributed by atoms with Gasteiger partial charge in [0.1, 0.15) is 24.7 Å². The summed E-state index contributed by atoms with van der Waals surface area (Å²) < 4.78 is 33.4. The molecule has 2 heterocycles. The summed E-state index contributed by atoms with van der Waals surface area (Å²) in [6, 6.07) is 0. The van der Waals surface area contributed by atoms with E-state index in [9.17, 15) is 24.7 Å². The van der Waals surface area contributed by atoms with E-state index in [1.54, 1.807) is 13.8 Å². The number of aliphatic hydroxyl groups is 3. The number of carbonyl (C=O) groups is 1. The molecular weight excluding hydrogens is 385 g/mol. The number of nitrogens with two attached hydrogens (primary N) is 1. The highest BCUT2D eigenvalue weighted by Gasteiger charge is 2.48. The zero-order chi connectivity index (χ0) is 20.2. The first-order valence-electron chi connectivity index (χ1n) is 8.45. The fourth-order valence-corrected chi connectivity index (χ4v) is 4.12. The number of hydrogen-bond donors (Lipinski definition) is 5. The average Bonchev–Trinajstić information content (AvgIpc) is 3.10. The topological polar surface area (TPSA) is 173 Å². The molecule has 0 spiro atoms. The molecule has 6 N–H and O–H groups in total. The molecule has 0 radical (unpaired) electrons. The number of hydrogen-bond acceptors (Lipinski definition) is 11. The fourth-order valence-electron chi connectivity index (χ4n) is 2.78. The van der Waals surface area contributed by atoms with Crippen LogP contribution in [0.15, 0.2) is 11.6 Å². The highest BCUT2D eigenvalue weighted by atomic mass is 31.2. The molecule has 1 fully saturated rings. The number of ether oxygens (including phenoxy) is 2. The first-order chi connectivity index (χ1) is 12.7. The van der Waals surface area contributed by atoms with E-state index >= 15 is 0 Å². The van der Waals surface area contributed by atoms with Crippen LogP contribution >= 0.6 is 7.60 Å². The maximum absolute atomic E-state index is 12.3. The molecule has 12 nitrogen and oxygen atoms in total. The number of aliphatic hydroxyl groups excluding tert-OH is 3. The molecule has 2 aliphatic rings. The number of primary amides is 1. The van der Waals surface area contributed by atoms with Crippen LogP contribution < -0.4 is 11.1 Å². The predicted octanol–water partition coefficient (Wildman–Crippen LogP) is -1.25. The SMILES string of the molecule is CCOP(=O)(COC[C@H]1O[C@@H](N2CNC(C(N)=O)=C2O)[C@H](O)[C@@H]1O)OCC. The van der Waals surface area contributed by atoms with Crippen molar-refractivity contribution in [3.8, 4) is 0 Å². The quantitative estimate of drug-likeness (QED) is 0.272. The van der Waals surface area contributed by atoms with E-state index < -0.39 is 43.9 Å². The summed E-state index contributed by atoms with van der Waals surface area (Å²) in [6.45, 7) is 3.45. The molecule has 27 heavy (non-hydrogen) atoms. The van der Waals surface area contributed by atoms with Crippen molar-refractivity contribution < 1.29 is 43.2 Å². The van der Waals surface area contributed by atoms with Gasteiger partial charge in [-0.15, -0.1) is 0 Å². The fraction of sp³-hybridized carbons (Fsp3) is 0.786. The molecule has 0 aromatic rings. The van der Waals surface area contributed by atoms with E-state index in [1.807, 2.05) is 0 Å². The summed E-state index contributed by atoms with van der Waals surface area (Å²) >= 11 is 0. The predicted molar refractivity (Wildman–Crippen MR) is 91.0 cm³/mol. The molecule has 1 amide bonds. The molecule has 0 bridgehead atoms. The molecule has 0 aliphatic carbocycles. The van der Waals surface area contributed by atoms with Crippen molar-refractivity contribution in [2.24, 2.45) is 5.73 Å². The van der Waals surface area contributed by atoms with Gasteiger partial charge in [-0.05, 0) is 13.8 Å². The monoisotopic (exact) mass is 411 g/mol. The summed E-state index contributed by atoms with van der Waals surface area (Å²) in [5, 5.41) is 33.0. The molecule has 2 rings (SSSR count). The normalized spacial score (nSPS) is 28.7. The third-order valence-electron chi connectivity index (χ3n) is 4.00. The second kappa shape index (κ2) is 9.20. The number of rotatable bonds is 10. The maximum Gasteiger partial charge on any atom is 0.356 e. The highest BCUT2D eigenvalue weighted by Crippen LogP contribution is 2.48. The number of nitrogens with zero attached hydrogens (tertiary/aromatic N) is 1.